The molecule has 23 heavy (non-hydrogen) atoms. The van der Waals surface area contributed by atoms with E-state index < -0.39 is 12.0 Å². The van der Waals surface area contributed by atoms with Crippen LogP contribution in [0.25, 0.3) is 10.9 Å². The van der Waals surface area contributed by atoms with Gasteiger partial charge >= 0.3 is 5.97 Å². The summed E-state index contributed by atoms with van der Waals surface area (Å²) in [5.74, 6) is -0.761. The van der Waals surface area contributed by atoms with E-state index in [2.05, 4.69) is 4.98 Å². The molecule has 1 heterocycles. The highest BCUT2D eigenvalue weighted by Crippen LogP contribution is 2.20. The van der Waals surface area contributed by atoms with E-state index in [9.17, 15) is 9.18 Å². The number of H-pyrrole nitrogens is 1. The Morgan fingerprint density at radius 2 is 2.00 bits per heavy atom. The molecular weight excluding hydrogens is 295 g/mol. The van der Waals surface area contributed by atoms with Crippen LogP contribution in [0.4, 0.5) is 4.39 Å². The monoisotopic (exact) mass is 312 g/mol. The number of nitrogens with one attached hydrogen (secondary N) is 1. The lowest BCUT2D eigenvalue weighted by Crippen LogP contribution is -2.34. The predicted octanol–water partition coefficient (Wildman–Crippen LogP) is 2.92. The van der Waals surface area contributed by atoms with Gasteiger partial charge in [-0.1, -0.05) is 30.3 Å². The summed E-state index contributed by atoms with van der Waals surface area (Å²) in [5, 5.41) is 0.859. The minimum Gasteiger partial charge on any atom is -0.460 e. The minimum atomic E-state index is -0.761. The zero-order valence-electron chi connectivity index (χ0n) is 12.5. The molecule has 2 aromatic carbocycles. The molecule has 3 N–H and O–H groups in total. The smallest absolute Gasteiger partial charge is 0.323 e. The highest BCUT2D eigenvalue weighted by molar-refractivity contribution is 5.84. The van der Waals surface area contributed by atoms with Gasteiger partial charge in [-0.2, -0.15) is 0 Å². The van der Waals surface area contributed by atoms with Gasteiger partial charge in [0.15, 0.2) is 0 Å². The largest absolute Gasteiger partial charge is 0.460 e. The van der Waals surface area contributed by atoms with Crippen LogP contribution in [-0.4, -0.2) is 17.0 Å². The lowest BCUT2D eigenvalue weighted by atomic mass is 10.1. The first kappa shape index (κ1) is 15.2. The Kier molecular flexibility index (Phi) is 4.39. The first-order valence-electron chi connectivity index (χ1n) is 7.35. The van der Waals surface area contributed by atoms with Gasteiger partial charge in [-0.15, -0.1) is 0 Å². The number of carbonyl (C=O) groups excluding carboxylic acids is 1. The molecule has 1 aromatic heterocycles. The van der Waals surface area contributed by atoms with Crippen LogP contribution in [-0.2, 0) is 22.6 Å². The number of ether oxygens (including phenoxy) is 1. The van der Waals surface area contributed by atoms with Gasteiger partial charge < -0.3 is 15.5 Å². The summed E-state index contributed by atoms with van der Waals surface area (Å²) in [6.45, 7) is 0.201. The average molecular weight is 312 g/mol. The molecule has 0 aliphatic carbocycles. The lowest BCUT2D eigenvalue weighted by molar-refractivity contribution is -0.146. The normalized spacial score (nSPS) is 12.3. The third kappa shape index (κ3) is 3.57. The maximum Gasteiger partial charge on any atom is 0.323 e. The van der Waals surface area contributed by atoms with Crippen molar-refractivity contribution >= 4 is 16.9 Å². The van der Waals surface area contributed by atoms with Gasteiger partial charge in [-0.25, -0.2) is 4.39 Å². The zero-order chi connectivity index (χ0) is 16.2. The molecule has 0 aliphatic heterocycles. The molecule has 1 atom stereocenters. The van der Waals surface area contributed by atoms with Gasteiger partial charge in [0.05, 0.1) is 0 Å². The Balaban J connectivity index is 1.63. The Morgan fingerprint density at radius 1 is 1.22 bits per heavy atom. The summed E-state index contributed by atoms with van der Waals surface area (Å²) >= 11 is 0. The van der Waals surface area contributed by atoms with E-state index in [1.165, 1.54) is 12.1 Å². The van der Waals surface area contributed by atoms with E-state index in [0.29, 0.717) is 11.9 Å². The van der Waals surface area contributed by atoms with Crippen molar-refractivity contribution in [3.8, 4) is 0 Å². The molecule has 1 unspecified atom stereocenters. The fourth-order valence-corrected chi connectivity index (χ4v) is 2.48. The molecule has 4 nitrogen and oxygen atoms in total. The molecule has 0 radical (unpaired) electrons. The maximum atomic E-state index is 13.2. The fraction of sp³-hybridized carbons (Fsp3) is 0.167. The Hall–Kier alpha value is -2.66. The highest BCUT2D eigenvalue weighted by atomic mass is 19.1. The van der Waals surface area contributed by atoms with Crippen molar-refractivity contribution in [3.05, 3.63) is 71.7 Å². The van der Waals surface area contributed by atoms with Crippen LogP contribution < -0.4 is 5.73 Å². The molecule has 0 spiro atoms. The second-order valence-electron chi connectivity index (χ2n) is 5.41. The second-order valence-corrected chi connectivity index (χ2v) is 5.41. The van der Waals surface area contributed by atoms with Crippen molar-refractivity contribution in [2.75, 3.05) is 0 Å². The Bertz CT molecular complexity index is 814. The van der Waals surface area contributed by atoms with Crippen LogP contribution >= 0.6 is 0 Å². The number of halogens is 1. The SMILES string of the molecule is NC(Cc1c[nH]c2cc(F)ccc12)C(=O)OCc1ccccc1. The van der Waals surface area contributed by atoms with E-state index in [0.717, 1.165) is 16.5 Å². The van der Waals surface area contributed by atoms with Crippen LogP contribution in [0.5, 0.6) is 0 Å². The summed E-state index contributed by atoms with van der Waals surface area (Å²) in [6, 6.07) is 13.2. The Morgan fingerprint density at radius 3 is 2.78 bits per heavy atom. The first-order chi connectivity index (χ1) is 11.1. The third-order valence-corrected chi connectivity index (χ3v) is 3.70. The number of nitrogens with two attached hydrogens (primary N) is 1. The van der Waals surface area contributed by atoms with Crippen molar-refractivity contribution in [1.82, 2.24) is 4.98 Å². The number of benzene rings is 2. The third-order valence-electron chi connectivity index (χ3n) is 3.70. The molecule has 3 aromatic rings. The number of aromatic amines is 1. The first-order valence-corrected chi connectivity index (χ1v) is 7.35. The fourth-order valence-electron chi connectivity index (χ4n) is 2.48. The number of hydrogen-bond donors (Lipinski definition) is 2. The Labute approximate surface area is 133 Å². The number of hydrogen-bond acceptors (Lipinski definition) is 3. The number of carbonyl (C=O) groups is 1. The van der Waals surface area contributed by atoms with Gasteiger partial charge in [0.2, 0.25) is 0 Å². The molecule has 0 fully saturated rings. The van der Waals surface area contributed by atoms with Crippen molar-refractivity contribution in [2.45, 2.75) is 19.1 Å². The number of fused-ring (bicyclic) bond motifs is 1. The zero-order valence-corrected chi connectivity index (χ0v) is 12.5. The maximum absolute atomic E-state index is 13.2. The molecule has 0 saturated carbocycles. The van der Waals surface area contributed by atoms with Gasteiger partial charge in [-0.3, -0.25) is 4.79 Å². The summed E-state index contributed by atoms with van der Waals surface area (Å²) in [5.41, 5.74) is 8.39. The van der Waals surface area contributed by atoms with Crippen molar-refractivity contribution in [2.24, 2.45) is 5.73 Å². The highest BCUT2D eigenvalue weighted by Gasteiger charge is 2.18. The molecule has 0 saturated heterocycles. The predicted molar refractivity (Wildman–Crippen MR) is 86.2 cm³/mol. The molecule has 3 rings (SSSR count). The van der Waals surface area contributed by atoms with E-state index in [4.69, 9.17) is 10.5 Å². The van der Waals surface area contributed by atoms with Crippen LogP contribution in [0.3, 0.4) is 0 Å². The lowest BCUT2D eigenvalue weighted by Gasteiger charge is -2.11. The standard InChI is InChI=1S/C18H17FN2O2/c19-14-6-7-15-13(10-21-17(15)9-14)8-16(20)18(22)23-11-12-4-2-1-3-5-12/h1-7,9-10,16,21H,8,11,20H2. The van der Waals surface area contributed by atoms with Gasteiger partial charge in [-0.05, 0) is 29.3 Å². The summed E-state index contributed by atoms with van der Waals surface area (Å²) in [6.07, 6.45) is 2.08. The summed E-state index contributed by atoms with van der Waals surface area (Å²) < 4.78 is 18.4. The van der Waals surface area contributed by atoms with Gasteiger partial charge in [0, 0.05) is 23.5 Å². The van der Waals surface area contributed by atoms with Gasteiger partial charge in [0.25, 0.3) is 0 Å². The molecule has 118 valence electrons. The van der Waals surface area contributed by atoms with E-state index in [1.54, 1.807) is 12.3 Å². The van der Waals surface area contributed by atoms with Crippen LogP contribution in [0.1, 0.15) is 11.1 Å². The van der Waals surface area contributed by atoms with E-state index >= 15 is 0 Å². The van der Waals surface area contributed by atoms with Crippen molar-refractivity contribution in [3.63, 3.8) is 0 Å². The average Bonchev–Trinajstić information content (AvgIpc) is 2.95. The number of aromatic nitrogens is 1. The van der Waals surface area contributed by atoms with Crippen molar-refractivity contribution in [1.29, 1.82) is 0 Å². The molecule has 0 amide bonds. The van der Waals surface area contributed by atoms with E-state index in [-0.39, 0.29) is 12.4 Å². The van der Waals surface area contributed by atoms with Crippen LogP contribution in [0.15, 0.2) is 54.7 Å². The minimum absolute atomic E-state index is 0.201. The number of rotatable bonds is 5. The van der Waals surface area contributed by atoms with Gasteiger partial charge in [0.1, 0.15) is 18.5 Å². The van der Waals surface area contributed by atoms with Crippen molar-refractivity contribution < 1.29 is 13.9 Å². The number of esters is 1. The second kappa shape index (κ2) is 6.62. The molecule has 0 aliphatic rings. The topological polar surface area (TPSA) is 68.1 Å². The molecular formula is C18H17FN2O2. The quantitative estimate of drug-likeness (QED) is 0.712. The molecule has 5 heteroatoms. The molecule has 0 bridgehead atoms. The van der Waals surface area contributed by atoms with E-state index in [1.807, 2.05) is 30.3 Å². The summed E-state index contributed by atoms with van der Waals surface area (Å²) in [4.78, 5) is 15.0. The van der Waals surface area contributed by atoms with Crippen LogP contribution in [0.2, 0.25) is 0 Å². The van der Waals surface area contributed by atoms with Crippen LogP contribution in [0, 0.1) is 5.82 Å². The summed E-state index contributed by atoms with van der Waals surface area (Å²) in [7, 11) is 0.